The minimum absolute atomic E-state index is 0.109. The first kappa shape index (κ1) is 21.9. The van der Waals surface area contributed by atoms with Crippen LogP contribution < -0.4 is 5.32 Å². The van der Waals surface area contributed by atoms with Crippen molar-refractivity contribution in [2.45, 2.75) is 25.8 Å². The number of nitrogens with zero attached hydrogens (tertiary/aromatic N) is 3. The average Bonchev–Trinajstić information content (AvgIpc) is 2.84. The standard InChI is InChI=1S/C27H30N4O/c1-2-13-30-26(32)27(12-6-17-31(21-27)20-22-10-15-28-16-11-22)18-23-7-3-4-9-25(23)24-8-5-14-29-19-24/h2-5,7-11,14-16,19H,1,6,12-13,17-18,20-21H2,(H,30,32)/t27-/m1/s1. The average molecular weight is 427 g/mol. The molecule has 1 aliphatic heterocycles. The van der Waals surface area contributed by atoms with Gasteiger partial charge < -0.3 is 5.32 Å². The topological polar surface area (TPSA) is 58.1 Å². The Morgan fingerprint density at radius 2 is 1.94 bits per heavy atom. The van der Waals surface area contributed by atoms with Crippen molar-refractivity contribution < 1.29 is 4.79 Å². The second-order valence-corrected chi connectivity index (χ2v) is 8.52. The molecule has 0 aliphatic carbocycles. The van der Waals surface area contributed by atoms with Crippen molar-refractivity contribution in [3.05, 3.63) is 97.1 Å². The third kappa shape index (κ3) is 5.11. The van der Waals surface area contributed by atoms with Crippen LogP contribution in [-0.2, 0) is 17.8 Å². The predicted molar refractivity (Wildman–Crippen MR) is 128 cm³/mol. The number of hydrogen-bond donors (Lipinski definition) is 1. The third-order valence-electron chi connectivity index (χ3n) is 6.22. The Bertz CT molecular complexity index is 1040. The van der Waals surface area contributed by atoms with Crippen LogP contribution in [0.15, 0.2) is 86.0 Å². The van der Waals surface area contributed by atoms with Gasteiger partial charge in [-0.25, -0.2) is 0 Å². The van der Waals surface area contributed by atoms with Gasteiger partial charge in [-0.15, -0.1) is 6.58 Å². The molecule has 1 aromatic carbocycles. The Kier molecular flexibility index (Phi) is 7.07. The van der Waals surface area contributed by atoms with Gasteiger partial charge in [0.15, 0.2) is 0 Å². The molecule has 0 spiro atoms. The first-order chi connectivity index (χ1) is 15.7. The number of carbonyl (C=O) groups excluding carboxylic acids is 1. The summed E-state index contributed by atoms with van der Waals surface area (Å²) in [5, 5.41) is 3.10. The van der Waals surface area contributed by atoms with Gasteiger partial charge in [0.2, 0.25) is 5.91 Å². The molecule has 32 heavy (non-hydrogen) atoms. The van der Waals surface area contributed by atoms with E-state index < -0.39 is 5.41 Å². The predicted octanol–water partition coefficient (Wildman–Crippen LogP) is 4.27. The minimum atomic E-state index is -0.493. The molecule has 3 heterocycles. The highest BCUT2D eigenvalue weighted by Gasteiger charge is 2.42. The molecule has 1 fully saturated rings. The Hall–Kier alpha value is -3.31. The molecule has 1 atom stereocenters. The summed E-state index contributed by atoms with van der Waals surface area (Å²) in [4.78, 5) is 24.3. The molecule has 0 unspecified atom stereocenters. The highest BCUT2D eigenvalue weighted by Crippen LogP contribution is 2.37. The lowest BCUT2D eigenvalue weighted by atomic mass is 9.73. The lowest BCUT2D eigenvalue weighted by Gasteiger charge is -2.42. The first-order valence-corrected chi connectivity index (χ1v) is 11.2. The van der Waals surface area contributed by atoms with Gasteiger partial charge in [-0.1, -0.05) is 36.4 Å². The van der Waals surface area contributed by atoms with Crippen molar-refractivity contribution in [3.63, 3.8) is 0 Å². The fourth-order valence-corrected chi connectivity index (χ4v) is 4.71. The lowest BCUT2D eigenvalue weighted by molar-refractivity contribution is -0.134. The molecule has 5 heteroatoms. The number of nitrogens with one attached hydrogen (secondary N) is 1. The van der Waals surface area contributed by atoms with Gasteiger partial charge in [-0.05, 0) is 60.7 Å². The van der Waals surface area contributed by atoms with E-state index in [0.29, 0.717) is 13.0 Å². The van der Waals surface area contributed by atoms with Crippen molar-refractivity contribution in [2.75, 3.05) is 19.6 Å². The maximum atomic E-state index is 13.5. The molecule has 1 saturated heterocycles. The largest absolute Gasteiger partial charge is 0.352 e. The van der Waals surface area contributed by atoms with E-state index in [9.17, 15) is 4.79 Å². The summed E-state index contributed by atoms with van der Waals surface area (Å²) in [6, 6.07) is 16.5. The van der Waals surface area contributed by atoms with Crippen LogP contribution in [0.5, 0.6) is 0 Å². The zero-order chi connectivity index (χ0) is 22.2. The van der Waals surface area contributed by atoms with Gasteiger partial charge in [0.1, 0.15) is 0 Å². The van der Waals surface area contributed by atoms with E-state index in [2.05, 4.69) is 51.0 Å². The van der Waals surface area contributed by atoms with Gasteiger partial charge >= 0.3 is 0 Å². The van der Waals surface area contributed by atoms with E-state index in [4.69, 9.17) is 0 Å². The summed E-state index contributed by atoms with van der Waals surface area (Å²) >= 11 is 0. The number of aromatic nitrogens is 2. The van der Waals surface area contributed by atoms with Crippen LogP contribution in [0.25, 0.3) is 11.1 Å². The molecule has 164 valence electrons. The van der Waals surface area contributed by atoms with E-state index >= 15 is 0 Å². The van der Waals surface area contributed by atoms with E-state index in [1.54, 1.807) is 12.3 Å². The quantitative estimate of drug-likeness (QED) is 0.547. The number of hydrogen-bond acceptors (Lipinski definition) is 4. The number of benzene rings is 1. The summed E-state index contributed by atoms with van der Waals surface area (Å²) < 4.78 is 0. The smallest absolute Gasteiger partial charge is 0.228 e. The fraction of sp³-hybridized carbons (Fsp3) is 0.296. The van der Waals surface area contributed by atoms with E-state index in [1.165, 1.54) is 11.1 Å². The van der Waals surface area contributed by atoms with Crippen molar-refractivity contribution in [2.24, 2.45) is 5.41 Å². The zero-order valence-electron chi connectivity index (χ0n) is 18.4. The molecule has 0 bridgehead atoms. The molecule has 1 N–H and O–H groups in total. The SMILES string of the molecule is C=CCNC(=O)[C@@]1(Cc2ccccc2-c2cccnc2)CCCN(Cc2ccncc2)C1. The van der Waals surface area contributed by atoms with E-state index in [1.807, 2.05) is 42.9 Å². The highest BCUT2D eigenvalue weighted by atomic mass is 16.2. The Morgan fingerprint density at radius 1 is 1.09 bits per heavy atom. The van der Waals surface area contributed by atoms with Crippen molar-refractivity contribution >= 4 is 5.91 Å². The molecular weight excluding hydrogens is 396 g/mol. The van der Waals surface area contributed by atoms with Crippen LogP contribution in [-0.4, -0.2) is 40.4 Å². The zero-order valence-corrected chi connectivity index (χ0v) is 18.4. The van der Waals surface area contributed by atoms with Crippen molar-refractivity contribution in [1.82, 2.24) is 20.2 Å². The van der Waals surface area contributed by atoms with E-state index in [-0.39, 0.29) is 5.91 Å². The van der Waals surface area contributed by atoms with Gasteiger partial charge in [0, 0.05) is 50.0 Å². The number of pyridine rings is 2. The van der Waals surface area contributed by atoms with Gasteiger partial charge in [0.05, 0.1) is 5.41 Å². The third-order valence-corrected chi connectivity index (χ3v) is 6.22. The molecule has 1 aliphatic rings. The number of amides is 1. The van der Waals surface area contributed by atoms with E-state index in [0.717, 1.165) is 43.6 Å². The van der Waals surface area contributed by atoms with Crippen molar-refractivity contribution in [3.8, 4) is 11.1 Å². The number of piperidine rings is 1. The van der Waals surface area contributed by atoms with Crippen LogP contribution in [0.4, 0.5) is 0 Å². The van der Waals surface area contributed by atoms with Gasteiger partial charge in [-0.3, -0.25) is 19.7 Å². The monoisotopic (exact) mass is 426 g/mol. The highest BCUT2D eigenvalue weighted by molar-refractivity contribution is 5.84. The summed E-state index contributed by atoms with van der Waals surface area (Å²) in [7, 11) is 0. The second-order valence-electron chi connectivity index (χ2n) is 8.52. The molecule has 1 amide bonds. The molecule has 4 rings (SSSR count). The van der Waals surface area contributed by atoms with Gasteiger partial charge in [0.25, 0.3) is 0 Å². The van der Waals surface area contributed by atoms with Crippen LogP contribution in [0, 0.1) is 5.41 Å². The van der Waals surface area contributed by atoms with Crippen LogP contribution >= 0.6 is 0 Å². The van der Waals surface area contributed by atoms with Crippen LogP contribution in [0.1, 0.15) is 24.0 Å². The van der Waals surface area contributed by atoms with Crippen LogP contribution in [0.2, 0.25) is 0 Å². The lowest BCUT2D eigenvalue weighted by Crippen LogP contribution is -2.53. The van der Waals surface area contributed by atoms with Crippen LogP contribution in [0.3, 0.4) is 0 Å². The summed E-state index contributed by atoms with van der Waals surface area (Å²) in [6.45, 7) is 6.79. The second kappa shape index (κ2) is 10.3. The molecule has 5 nitrogen and oxygen atoms in total. The maximum absolute atomic E-state index is 13.5. The maximum Gasteiger partial charge on any atom is 0.228 e. The first-order valence-electron chi connectivity index (χ1n) is 11.2. The fourth-order valence-electron chi connectivity index (χ4n) is 4.71. The minimum Gasteiger partial charge on any atom is -0.352 e. The summed E-state index contributed by atoms with van der Waals surface area (Å²) in [5.41, 5.74) is 4.13. The molecule has 0 radical (unpaired) electrons. The normalized spacial score (nSPS) is 18.8. The van der Waals surface area contributed by atoms with Gasteiger partial charge in [-0.2, -0.15) is 0 Å². The van der Waals surface area contributed by atoms with Crippen molar-refractivity contribution in [1.29, 1.82) is 0 Å². The molecular formula is C27H30N4O. The summed E-state index contributed by atoms with van der Waals surface area (Å²) in [5.74, 6) is 0.109. The number of likely N-dealkylation sites (tertiary alicyclic amines) is 1. The Balaban J connectivity index is 1.64. The number of carbonyl (C=O) groups is 1. The molecule has 0 saturated carbocycles. The Morgan fingerprint density at radius 3 is 2.72 bits per heavy atom. The molecule has 3 aromatic rings. The molecule has 2 aromatic heterocycles. The Labute approximate surface area is 190 Å². The summed E-state index contributed by atoms with van der Waals surface area (Å²) in [6.07, 6.45) is 11.6. The number of rotatable bonds is 8.